The number of phenols is 1. The highest BCUT2D eigenvalue weighted by molar-refractivity contribution is 7.80. The second kappa shape index (κ2) is 6.63. The number of phenolic OH excluding ortho intramolecular Hbond substituents is 1. The van der Waals surface area contributed by atoms with Crippen molar-refractivity contribution in [2.24, 2.45) is 0 Å². The van der Waals surface area contributed by atoms with Crippen LogP contribution in [0.3, 0.4) is 0 Å². The number of aliphatic hydroxyl groups excluding tert-OH is 2. The van der Waals surface area contributed by atoms with Gasteiger partial charge < -0.3 is 20.1 Å². The largest absolute Gasteiger partial charge is 0.504 e. The van der Waals surface area contributed by atoms with E-state index in [1.165, 1.54) is 19.2 Å². The molecule has 0 aliphatic heterocycles. The number of benzene rings is 1. The summed E-state index contributed by atoms with van der Waals surface area (Å²) in [7, 11) is 1.34. The molecule has 0 saturated heterocycles. The average Bonchev–Trinajstić information content (AvgIpc) is 2.38. The lowest BCUT2D eigenvalue weighted by atomic mass is 9.99. The van der Waals surface area contributed by atoms with Gasteiger partial charge in [-0.3, -0.25) is 4.79 Å². The van der Waals surface area contributed by atoms with Crippen molar-refractivity contribution in [1.29, 1.82) is 0 Å². The van der Waals surface area contributed by atoms with E-state index in [1.54, 1.807) is 0 Å². The summed E-state index contributed by atoms with van der Waals surface area (Å²) in [5.74, 6) is 0.215. The summed E-state index contributed by atoms with van der Waals surface area (Å²) in [6.07, 6.45) is -1.38. The summed E-state index contributed by atoms with van der Waals surface area (Å²) in [6.45, 7) is 0. The summed E-state index contributed by atoms with van der Waals surface area (Å²) in [5, 5.41) is 29.2. The zero-order valence-electron chi connectivity index (χ0n) is 9.91. The van der Waals surface area contributed by atoms with Crippen LogP contribution in [0, 0.1) is 0 Å². The van der Waals surface area contributed by atoms with Crippen LogP contribution in [0.2, 0.25) is 0 Å². The van der Waals surface area contributed by atoms with Gasteiger partial charge in [-0.05, 0) is 29.9 Å². The van der Waals surface area contributed by atoms with Crippen molar-refractivity contribution >= 4 is 18.9 Å². The third-order valence-electron chi connectivity index (χ3n) is 2.60. The van der Waals surface area contributed by atoms with Crippen LogP contribution in [0.1, 0.15) is 28.4 Å². The van der Waals surface area contributed by atoms with E-state index in [-0.39, 0.29) is 17.1 Å². The van der Waals surface area contributed by atoms with E-state index in [0.717, 1.165) is 0 Å². The second-order valence-corrected chi connectivity index (χ2v) is 4.25. The molecular formula is C12H16O5S. The predicted molar refractivity (Wildman–Crippen MR) is 69.5 cm³/mol. The molecule has 6 heteroatoms. The predicted octanol–water partition coefficient (Wildman–Crippen LogP) is 0.927. The van der Waals surface area contributed by atoms with Crippen molar-refractivity contribution < 1.29 is 24.9 Å². The third-order valence-corrected chi connectivity index (χ3v) is 2.86. The lowest BCUT2D eigenvalue weighted by Crippen LogP contribution is -2.19. The smallest absolute Gasteiger partial charge is 0.168 e. The standard InChI is InChI=1S/C12H16O5S/c1-17-10-5-7(4-8(6-13)12(10)16)11(15)9(14)2-3-18/h4-6,9,11,14-16,18H,2-3H2,1H3. The van der Waals surface area contributed by atoms with Crippen molar-refractivity contribution in [3.63, 3.8) is 0 Å². The molecule has 1 aromatic rings. The minimum Gasteiger partial charge on any atom is -0.504 e. The maximum Gasteiger partial charge on any atom is 0.168 e. The van der Waals surface area contributed by atoms with E-state index in [9.17, 15) is 20.1 Å². The van der Waals surface area contributed by atoms with Crippen LogP contribution >= 0.6 is 12.6 Å². The molecule has 2 atom stereocenters. The fraction of sp³-hybridized carbons (Fsp3) is 0.417. The number of hydrogen-bond acceptors (Lipinski definition) is 6. The van der Waals surface area contributed by atoms with Crippen molar-refractivity contribution in [2.75, 3.05) is 12.9 Å². The Morgan fingerprint density at radius 2 is 2.11 bits per heavy atom. The molecule has 0 saturated carbocycles. The number of rotatable bonds is 6. The summed E-state index contributed by atoms with van der Waals surface area (Å²) in [5.41, 5.74) is 0.308. The van der Waals surface area contributed by atoms with Gasteiger partial charge in [0.15, 0.2) is 17.8 Å². The van der Waals surface area contributed by atoms with Gasteiger partial charge in [-0.15, -0.1) is 0 Å². The molecule has 5 nitrogen and oxygen atoms in total. The summed E-state index contributed by atoms with van der Waals surface area (Å²) >= 11 is 3.97. The molecule has 0 fully saturated rings. The van der Waals surface area contributed by atoms with Crippen molar-refractivity contribution in [2.45, 2.75) is 18.6 Å². The molecule has 1 aromatic carbocycles. The highest BCUT2D eigenvalue weighted by atomic mass is 32.1. The molecule has 1 rings (SSSR count). The number of methoxy groups -OCH3 is 1. The second-order valence-electron chi connectivity index (χ2n) is 3.80. The van der Waals surface area contributed by atoms with E-state index >= 15 is 0 Å². The van der Waals surface area contributed by atoms with Gasteiger partial charge in [0, 0.05) is 0 Å². The SMILES string of the molecule is COc1cc(C(O)C(O)CCS)cc(C=O)c1O. The first kappa shape index (κ1) is 14.8. The molecule has 0 spiro atoms. The molecule has 0 aliphatic carbocycles. The van der Waals surface area contributed by atoms with Crippen molar-refractivity contribution in [1.82, 2.24) is 0 Å². The van der Waals surface area contributed by atoms with Crippen LogP contribution < -0.4 is 4.74 Å². The fourth-order valence-corrected chi connectivity index (χ4v) is 1.84. The first-order valence-electron chi connectivity index (χ1n) is 5.38. The fourth-order valence-electron chi connectivity index (χ4n) is 1.58. The summed E-state index contributed by atoms with van der Waals surface area (Å²) in [4.78, 5) is 10.8. The number of hydrogen-bond donors (Lipinski definition) is 4. The summed E-state index contributed by atoms with van der Waals surface area (Å²) < 4.78 is 4.90. The van der Waals surface area contributed by atoms with Crippen LogP contribution in [-0.4, -0.2) is 40.6 Å². The minimum absolute atomic E-state index is 0.00136. The highest BCUT2D eigenvalue weighted by Gasteiger charge is 2.21. The Labute approximate surface area is 110 Å². The van der Waals surface area contributed by atoms with Gasteiger partial charge in [0.2, 0.25) is 0 Å². The molecule has 0 radical (unpaired) electrons. The van der Waals surface area contributed by atoms with Crippen LogP contribution in [0.4, 0.5) is 0 Å². The zero-order chi connectivity index (χ0) is 13.7. The van der Waals surface area contributed by atoms with Gasteiger partial charge in [0.05, 0.1) is 18.8 Å². The van der Waals surface area contributed by atoms with E-state index in [1.807, 2.05) is 0 Å². The Morgan fingerprint density at radius 1 is 1.44 bits per heavy atom. The van der Waals surface area contributed by atoms with Crippen LogP contribution in [0.5, 0.6) is 11.5 Å². The molecule has 100 valence electrons. The first-order valence-corrected chi connectivity index (χ1v) is 6.01. The summed E-state index contributed by atoms with van der Waals surface area (Å²) in [6, 6.07) is 2.70. The van der Waals surface area contributed by atoms with Crippen LogP contribution in [0.25, 0.3) is 0 Å². The van der Waals surface area contributed by atoms with Gasteiger partial charge in [0.25, 0.3) is 0 Å². The number of carbonyl (C=O) groups is 1. The Balaban J connectivity index is 3.12. The Morgan fingerprint density at radius 3 is 2.61 bits per heavy atom. The molecule has 3 N–H and O–H groups in total. The van der Waals surface area contributed by atoms with Crippen molar-refractivity contribution in [3.8, 4) is 11.5 Å². The molecular weight excluding hydrogens is 256 g/mol. The molecule has 0 heterocycles. The van der Waals surface area contributed by atoms with E-state index < -0.39 is 12.2 Å². The minimum atomic E-state index is -1.16. The molecule has 0 aromatic heterocycles. The number of aromatic hydroxyl groups is 1. The number of ether oxygens (including phenoxy) is 1. The lowest BCUT2D eigenvalue weighted by molar-refractivity contribution is 0.0171. The Hall–Kier alpha value is -1.24. The topological polar surface area (TPSA) is 87.0 Å². The number of carbonyl (C=O) groups excluding carboxylic acids is 1. The van der Waals surface area contributed by atoms with Crippen LogP contribution in [0.15, 0.2) is 12.1 Å². The van der Waals surface area contributed by atoms with Gasteiger partial charge in [-0.1, -0.05) is 0 Å². The quantitative estimate of drug-likeness (QED) is 0.457. The van der Waals surface area contributed by atoms with E-state index in [2.05, 4.69) is 12.6 Å². The third kappa shape index (κ3) is 3.16. The van der Waals surface area contributed by atoms with Crippen molar-refractivity contribution in [3.05, 3.63) is 23.3 Å². The van der Waals surface area contributed by atoms with Gasteiger partial charge in [-0.25, -0.2) is 0 Å². The molecule has 0 amide bonds. The zero-order valence-corrected chi connectivity index (χ0v) is 10.8. The van der Waals surface area contributed by atoms with E-state index in [0.29, 0.717) is 24.0 Å². The maximum atomic E-state index is 10.8. The van der Waals surface area contributed by atoms with Gasteiger partial charge in [-0.2, -0.15) is 12.6 Å². The Bertz CT molecular complexity index is 421. The van der Waals surface area contributed by atoms with Crippen LogP contribution in [-0.2, 0) is 0 Å². The first-order chi connectivity index (χ1) is 8.54. The highest BCUT2D eigenvalue weighted by Crippen LogP contribution is 2.33. The van der Waals surface area contributed by atoms with Gasteiger partial charge in [0.1, 0.15) is 6.10 Å². The van der Waals surface area contributed by atoms with Gasteiger partial charge >= 0.3 is 0 Å². The molecule has 2 unspecified atom stereocenters. The maximum absolute atomic E-state index is 10.8. The monoisotopic (exact) mass is 272 g/mol. The normalized spacial score (nSPS) is 14.0. The molecule has 18 heavy (non-hydrogen) atoms. The van der Waals surface area contributed by atoms with E-state index in [4.69, 9.17) is 4.74 Å². The average molecular weight is 272 g/mol. The molecule has 0 bridgehead atoms. The lowest BCUT2D eigenvalue weighted by Gasteiger charge is -2.19. The number of thiol groups is 1. The number of aldehydes is 1. The molecule has 0 aliphatic rings. The Kier molecular flexibility index (Phi) is 5.46. The number of aliphatic hydroxyl groups is 2.